The standard InChI is InChI=1S/C17H16N4OS/c22-21-12-13-11-20-17(23-13)7-3-4-9-18-16-8-10-19-15-6-2-1-5-14(15)16/h1-2,5-6,8,10-12,17,20,22H,4,9H2,(H,18,19)/b21-12+. The summed E-state index contributed by atoms with van der Waals surface area (Å²) in [4.78, 5) is 5.22. The lowest BCUT2D eigenvalue weighted by Crippen LogP contribution is -2.12. The molecule has 0 aliphatic carbocycles. The molecule has 1 aliphatic rings. The number of nitrogens with one attached hydrogen (secondary N) is 2. The maximum atomic E-state index is 8.48. The fraction of sp³-hybridized carbons (Fsp3) is 0.176. The van der Waals surface area contributed by atoms with Crippen LogP contribution in [-0.4, -0.2) is 28.3 Å². The summed E-state index contributed by atoms with van der Waals surface area (Å²) in [6.45, 7) is 0.775. The van der Waals surface area contributed by atoms with Gasteiger partial charge in [-0.3, -0.25) is 4.98 Å². The van der Waals surface area contributed by atoms with Gasteiger partial charge in [0.15, 0.2) is 0 Å². The second-order valence-electron chi connectivity index (χ2n) is 4.83. The molecule has 2 heterocycles. The van der Waals surface area contributed by atoms with Crippen LogP contribution in [0, 0.1) is 11.8 Å². The third kappa shape index (κ3) is 3.96. The summed E-state index contributed by atoms with van der Waals surface area (Å²) in [5.41, 5.74) is 2.06. The molecule has 0 saturated heterocycles. The average molecular weight is 324 g/mol. The predicted molar refractivity (Wildman–Crippen MR) is 95.5 cm³/mol. The van der Waals surface area contributed by atoms with Gasteiger partial charge in [-0.15, -0.1) is 0 Å². The van der Waals surface area contributed by atoms with Crippen LogP contribution >= 0.6 is 11.8 Å². The lowest BCUT2D eigenvalue weighted by Gasteiger charge is -2.07. The van der Waals surface area contributed by atoms with Gasteiger partial charge in [-0.25, -0.2) is 0 Å². The van der Waals surface area contributed by atoms with Crippen molar-refractivity contribution in [1.29, 1.82) is 0 Å². The number of pyridine rings is 1. The molecule has 6 heteroatoms. The Balaban J connectivity index is 1.50. The predicted octanol–water partition coefficient (Wildman–Crippen LogP) is 3.00. The van der Waals surface area contributed by atoms with Crippen LogP contribution in [0.5, 0.6) is 0 Å². The highest BCUT2D eigenvalue weighted by atomic mass is 32.2. The third-order valence-electron chi connectivity index (χ3n) is 3.26. The number of para-hydroxylation sites is 1. The van der Waals surface area contributed by atoms with Crippen molar-refractivity contribution in [2.24, 2.45) is 5.16 Å². The number of nitrogens with zero attached hydrogens (tertiary/aromatic N) is 2. The van der Waals surface area contributed by atoms with Gasteiger partial charge < -0.3 is 15.8 Å². The van der Waals surface area contributed by atoms with Gasteiger partial charge in [0, 0.05) is 41.3 Å². The molecule has 23 heavy (non-hydrogen) atoms. The van der Waals surface area contributed by atoms with Gasteiger partial charge in [-0.1, -0.05) is 47.0 Å². The van der Waals surface area contributed by atoms with Crippen molar-refractivity contribution in [2.75, 3.05) is 11.9 Å². The van der Waals surface area contributed by atoms with Crippen molar-refractivity contribution in [3.05, 3.63) is 47.6 Å². The maximum absolute atomic E-state index is 8.48. The number of fused-ring (bicyclic) bond motifs is 1. The number of hydrogen-bond acceptors (Lipinski definition) is 6. The van der Waals surface area contributed by atoms with Crippen molar-refractivity contribution in [3.8, 4) is 11.8 Å². The zero-order chi connectivity index (χ0) is 15.9. The summed E-state index contributed by atoms with van der Waals surface area (Å²) in [5, 5.41) is 19.1. The van der Waals surface area contributed by atoms with Crippen LogP contribution in [0.3, 0.4) is 0 Å². The van der Waals surface area contributed by atoms with Gasteiger partial charge in [0.05, 0.1) is 11.7 Å². The van der Waals surface area contributed by atoms with E-state index in [4.69, 9.17) is 5.21 Å². The number of thioether (sulfide) groups is 1. The highest BCUT2D eigenvalue weighted by molar-refractivity contribution is 8.04. The summed E-state index contributed by atoms with van der Waals surface area (Å²) in [7, 11) is 0. The molecule has 1 unspecified atom stereocenters. The van der Waals surface area contributed by atoms with E-state index in [1.165, 1.54) is 18.0 Å². The first kappa shape index (κ1) is 15.3. The van der Waals surface area contributed by atoms with E-state index in [-0.39, 0.29) is 5.37 Å². The summed E-state index contributed by atoms with van der Waals surface area (Å²) in [6.07, 6.45) is 5.75. The quantitative estimate of drug-likeness (QED) is 0.265. The Morgan fingerprint density at radius 3 is 3.22 bits per heavy atom. The lowest BCUT2D eigenvalue weighted by molar-refractivity contribution is 0.322. The van der Waals surface area contributed by atoms with E-state index >= 15 is 0 Å². The smallest absolute Gasteiger partial charge is 0.139 e. The van der Waals surface area contributed by atoms with E-state index < -0.39 is 0 Å². The number of allylic oxidation sites excluding steroid dienone is 1. The van der Waals surface area contributed by atoms with Crippen LogP contribution in [0.2, 0.25) is 0 Å². The van der Waals surface area contributed by atoms with E-state index in [0.717, 1.165) is 34.5 Å². The first-order valence-corrected chi connectivity index (χ1v) is 8.11. The molecule has 1 aromatic heterocycles. The molecule has 3 N–H and O–H groups in total. The molecule has 2 aromatic rings. The molecule has 0 fully saturated rings. The molecule has 0 radical (unpaired) electrons. The lowest BCUT2D eigenvalue weighted by atomic mass is 10.2. The topological polar surface area (TPSA) is 69.5 Å². The highest BCUT2D eigenvalue weighted by Crippen LogP contribution is 2.23. The fourth-order valence-electron chi connectivity index (χ4n) is 2.23. The van der Waals surface area contributed by atoms with Crippen LogP contribution in [0.25, 0.3) is 10.9 Å². The number of rotatable bonds is 4. The normalized spacial score (nSPS) is 16.7. The van der Waals surface area contributed by atoms with Gasteiger partial charge in [0.25, 0.3) is 0 Å². The molecule has 5 nitrogen and oxygen atoms in total. The van der Waals surface area contributed by atoms with Crippen LogP contribution < -0.4 is 10.6 Å². The molecular formula is C17H16N4OS. The van der Waals surface area contributed by atoms with E-state index in [0.29, 0.717) is 0 Å². The molecule has 0 spiro atoms. The Labute approximate surface area is 138 Å². The van der Waals surface area contributed by atoms with Crippen molar-refractivity contribution in [1.82, 2.24) is 10.3 Å². The largest absolute Gasteiger partial charge is 0.411 e. The van der Waals surface area contributed by atoms with E-state index in [9.17, 15) is 0 Å². The Kier molecular flexibility index (Phi) is 5.02. The minimum atomic E-state index is 0.0183. The number of aromatic nitrogens is 1. The Bertz CT molecular complexity index is 802. The van der Waals surface area contributed by atoms with E-state index in [1.807, 2.05) is 30.5 Å². The zero-order valence-corrected chi connectivity index (χ0v) is 13.2. The summed E-state index contributed by atoms with van der Waals surface area (Å²) in [6, 6.07) is 10.0. The van der Waals surface area contributed by atoms with Crippen LogP contribution in [0.4, 0.5) is 5.69 Å². The number of anilines is 1. The molecule has 0 amide bonds. The third-order valence-corrected chi connectivity index (χ3v) is 4.25. The number of hydrogen-bond donors (Lipinski definition) is 3. The fourth-order valence-corrected chi connectivity index (χ4v) is 3.03. The first-order chi connectivity index (χ1) is 11.4. The highest BCUT2D eigenvalue weighted by Gasteiger charge is 2.12. The SMILES string of the molecule is O/N=C/C1=CNC(C#CCCNc2ccnc3ccccc23)S1. The first-order valence-electron chi connectivity index (χ1n) is 7.23. The molecule has 0 saturated carbocycles. The second kappa shape index (κ2) is 7.56. The minimum absolute atomic E-state index is 0.0183. The summed E-state index contributed by atoms with van der Waals surface area (Å²) >= 11 is 1.53. The summed E-state index contributed by atoms with van der Waals surface area (Å²) < 4.78 is 0. The van der Waals surface area contributed by atoms with E-state index in [1.54, 1.807) is 6.20 Å². The monoisotopic (exact) mass is 324 g/mol. The number of benzene rings is 1. The molecule has 116 valence electrons. The van der Waals surface area contributed by atoms with Crippen molar-refractivity contribution in [3.63, 3.8) is 0 Å². The molecule has 1 atom stereocenters. The minimum Gasteiger partial charge on any atom is -0.411 e. The Morgan fingerprint density at radius 2 is 2.30 bits per heavy atom. The van der Waals surface area contributed by atoms with Crippen molar-refractivity contribution in [2.45, 2.75) is 11.8 Å². The van der Waals surface area contributed by atoms with Crippen LogP contribution in [0.15, 0.2) is 52.8 Å². The number of oxime groups is 1. The zero-order valence-electron chi connectivity index (χ0n) is 12.4. The molecule has 1 aliphatic heterocycles. The second-order valence-corrected chi connectivity index (χ2v) is 6.01. The van der Waals surface area contributed by atoms with Crippen molar-refractivity contribution < 1.29 is 5.21 Å². The van der Waals surface area contributed by atoms with Gasteiger partial charge >= 0.3 is 0 Å². The maximum Gasteiger partial charge on any atom is 0.139 e. The average Bonchev–Trinajstić information content (AvgIpc) is 3.02. The molecule has 0 bridgehead atoms. The molecular weight excluding hydrogens is 308 g/mol. The van der Waals surface area contributed by atoms with Gasteiger partial charge in [0.2, 0.25) is 0 Å². The van der Waals surface area contributed by atoms with Gasteiger partial charge in [-0.05, 0) is 12.1 Å². The van der Waals surface area contributed by atoms with Gasteiger partial charge in [0.1, 0.15) is 5.37 Å². The summed E-state index contributed by atoms with van der Waals surface area (Å²) in [5.74, 6) is 6.30. The molecule has 1 aromatic carbocycles. The molecule has 3 rings (SSSR count). The van der Waals surface area contributed by atoms with Crippen molar-refractivity contribution >= 4 is 34.6 Å². The van der Waals surface area contributed by atoms with Crippen LogP contribution in [-0.2, 0) is 0 Å². The van der Waals surface area contributed by atoms with Crippen LogP contribution in [0.1, 0.15) is 6.42 Å². The van der Waals surface area contributed by atoms with E-state index in [2.05, 4.69) is 38.7 Å². The van der Waals surface area contributed by atoms with Gasteiger partial charge in [-0.2, -0.15) is 0 Å². The Hall–Kier alpha value is -2.65. The Morgan fingerprint density at radius 1 is 1.39 bits per heavy atom.